The first-order valence-electron chi connectivity index (χ1n) is 9.09. The number of benzene rings is 2. The molecule has 1 aromatic heterocycles. The average Bonchev–Trinajstić information content (AvgIpc) is 3.31. The van der Waals surface area contributed by atoms with Crippen LogP contribution in [0, 0.1) is 6.92 Å². The van der Waals surface area contributed by atoms with Gasteiger partial charge < -0.3 is 14.4 Å². The first-order chi connectivity index (χ1) is 14.0. The Morgan fingerprint density at radius 1 is 1.07 bits per heavy atom. The highest BCUT2D eigenvalue weighted by atomic mass is 35.5. The number of nitrogens with zero attached hydrogens (tertiary/aromatic N) is 1. The highest BCUT2D eigenvalue weighted by Crippen LogP contribution is 2.40. The van der Waals surface area contributed by atoms with E-state index < -0.39 is 17.7 Å². The van der Waals surface area contributed by atoms with Gasteiger partial charge >= 0.3 is 0 Å². The summed E-state index contributed by atoms with van der Waals surface area (Å²) in [5.41, 5.74) is 2.22. The molecule has 146 valence electrons. The number of carbonyl (C=O) groups excluding carboxylic acids is 2. The van der Waals surface area contributed by atoms with Crippen LogP contribution in [0.25, 0.3) is 5.76 Å². The zero-order valence-corrected chi connectivity index (χ0v) is 16.4. The van der Waals surface area contributed by atoms with Gasteiger partial charge in [0.15, 0.2) is 0 Å². The number of halogens is 1. The lowest BCUT2D eigenvalue weighted by Gasteiger charge is -2.24. The smallest absolute Gasteiger partial charge is 0.296 e. The zero-order chi connectivity index (χ0) is 20.5. The molecule has 1 atom stereocenters. The van der Waals surface area contributed by atoms with Crippen LogP contribution in [-0.4, -0.2) is 21.7 Å². The van der Waals surface area contributed by atoms with Crippen LogP contribution in [0.2, 0.25) is 5.02 Å². The second kappa shape index (κ2) is 7.60. The molecule has 1 amide bonds. The maximum atomic E-state index is 12.9. The van der Waals surface area contributed by atoms with Crippen LogP contribution in [0.15, 0.2) is 76.9 Å². The molecular formula is C23H18ClNO4. The summed E-state index contributed by atoms with van der Waals surface area (Å²) >= 11 is 6.01. The van der Waals surface area contributed by atoms with E-state index in [0.29, 0.717) is 21.9 Å². The third kappa shape index (κ3) is 3.57. The van der Waals surface area contributed by atoms with Crippen LogP contribution in [0.4, 0.5) is 0 Å². The van der Waals surface area contributed by atoms with Crippen molar-refractivity contribution in [1.82, 2.24) is 4.90 Å². The van der Waals surface area contributed by atoms with Gasteiger partial charge in [-0.1, -0.05) is 53.6 Å². The fraction of sp³-hybridized carbons (Fsp3) is 0.130. The molecule has 1 aliphatic rings. The van der Waals surface area contributed by atoms with Crippen molar-refractivity contribution in [2.45, 2.75) is 19.5 Å². The molecular weight excluding hydrogens is 390 g/mol. The standard InChI is InChI=1S/C23H18ClNO4/c1-14-4-6-16(7-5-14)21(26)19-20(15-8-10-17(24)11-9-15)25(23(28)22(19)27)13-18-3-2-12-29-18/h2-12,20,26H,13H2,1H3/b21-19-. The largest absolute Gasteiger partial charge is 0.507 e. The normalized spacial score (nSPS) is 18.4. The highest BCUT2D eigenvalue weighted by molar-refractivity contribution is 6.46. The summed E-state index contributed by atoms with van der Waals surface area (Å²) in [5.74, 6) is -1.07. The van der Waals surface area contributed by atoms with Crippen molar-refractivity contribution in [3.05, 3.63) is 100.0 Å². The molecule has 0 spiro atoms. The van der Waals surface area contributed by atoms with E-state index in [1.165, 1.54) is 11.2 Å². The summed E-state index contributed by atoms with van der Waals surface area (Å²) in [6, 6.07) is 16.7. The Bertz CT molecular complexity index is 1080. The minimum Gasteiger partial charge on any atom is -0.507 e. The number of aryl methyl sites for hydroxylation is 1. The molecule has 1 unspecified atom stereocenters. The second-order valence-corrected chi connectivity index (χ2v) is 7.36. The third-order valence-electron chi connectivity index (χ3n) is 4.96. The predicted octanol–water partition coefficient (Wildman–Crippen LogP) is 4.86. The number of amides is 1. The van der Waals surface area contributed by atoms with Crippen LogP contribution in [0.5, 0.6) is 0 Å². The number of aliphatic hydroxyl groups excluding tert-OH is 1. The quantitative estimate of drug-likeness (QED) is 0.381. The van der Waals surface area contributed by atoms with Gasteiger partial charge in [0, 0.05) is 10.6 Å². The number of hydrogen-bond acceptors (Lipinski definition) is 4. The van der Waals surface area contributed by atoms with Gasteiger partial charge in [0.1, 0.15) is 11.5 Å². The lowest BCUT2D eigenvalue weighted by Crippen LogP contribution is -2.29. The highest BCUT2D eigenvalue weighted by Gasteiger charge is 2.46. The predicted molar refractivity (Wildman–Crippen MR) is 109 cm³/mol. The number of hydrogen-bond donors (Lipinski definition) is 1. The first-order valence-corrected chi connectivity index (χ1v) is 9.47. The molecule has 0 aliphatic carbocycles. The Labute approximate surface area is 172 Å². The molecule has 3 aromatic rings. The molecule has 2 heterocycles. The number of furan rings is 1. The molecule has 6 heteroatoms. The van der Waals surface area contributed by atoms with Crippen LogP contribution >= 0.6 is 11.6 Å². The maximum Gasteiger partial charge on any atom is 0.296 e. The van der Waals surface area contributed by atoms with Crippen LogP contribution < -0.4 is 0 Å². The monoisotopic (exact) mass is 407 g/mol. The summed E-state index contributed by atoms with van der Waals surface area (Å²) in [7, 11) is 0. The van der Waals surface area contributed by atoms with E-state index >= 15 is 0 Å². The molecule has 2 aromatic carbocycles. The van der Waals surface area contributed by atoms with E-state index in [-0.39, 0.29) is 17.9 Å². The molecule has 0 saturated carbocycles. The second-order valence-electron chi connectivity index (χ2n) is 6.92. The molecule has 1 N–H and O–H groups in total. The van der Waals surface area contributed by atoms with Crippen molar-refractivity contribution in [3.63, 3.8) is 0 Å². The first kappa shape index (κ1) is 19.0. The van der Waals surface area contributed by atoms with Gasteiger partial charge in [-0.05, 0) is 36.8 Å². The van der Waals surface area contributed by atoms with Crippen LogP contribution in [0.3, 0.4) is 0 Å². The molecule has 29 heavy (non-hydrogen) atoms. The Hall–Kier alpha value is -3.31. The van der Waals surface area contributed by atoms with Gasteiger partial charge in [-0.2, -0.15) is 0 Å². The summed E-state index contributed by atoms with van der Waals surface area (Å²) < 4.78 is 5.37. The topological polar surface area (TPSA) is 70.8 Å². The van der Waals surface area contributed by atoms with Gasteiger partial charge in [-0.25, -0.2) is 0 Å². The van der Waals surface area contributed by atoms with Gasteiger partial charge in [-0.15, -0.1) is 0 Å². The Balaban J connectivity index is 1.86. The minimum atomic E-state index is -0.751. The molecule has 1 saturated heterocycles. The van der Waals surface area contributed by atoms with Gasteiger partial charge in [0.05, 0.1) is 24.4 Å². The van der Waals surface area contributed by atoms with Crippen molar-refractivity contribution in [2.24, 2.45) is 0 Å². The van der Waals surface area contributed by atoms with Gasteiger partial charge in [0.2, 0.25) is 0 Å². The summed E-state index contributed by atoms with van der Waals surface area (Å²) in [6.45, 7) is 2.04. The molecule has 4 rings (SSSR count). The number of likely N-dealkylation sites (tertiary alicyclic amines) is 1. The fourth-order valence-corrected chi connectivity index (χ4v) is 3.60. The number of ketones is 1. The third-order valence-corrected chi connectivity index (χ3v) is 5.21. The Morgan fingerprint density at radius 2 is 1.76 bits per heavy atom. The molecule has 1 fully saturated rings. The number of rotatable bonds is 4. The summed E-state index contributed by atoms with van der Waals surface area (Å²) in [5, 5.41) is 11.5. The van der Waals surface area contributed by atoms with Crippen molar-refractivity contribution in [3.8, 4) is 0 Å². The summed E-state index contributed by atoms with van der Waals surface area (Å²) in [6.07, 6.45) is 1.51. The van der Waals surface area contributed by atoms with Crippen molar-refractivity contribution in [1.29, 1.82) is 0 Å². The van der Waals surface area contributed by atoms with Gasteiger partial charge in [-0.3, -0.25) is 9.59 Å². The van der Waals surface area contributed by atoms with Crippen molar-refractivity contribution in [2.75, 3.05) is 0 Å². The van der Waals surface area contributed by atoms with Gasteiger partial charge in [0.25, 0.3) is 11.7 Å². The van der Waals surface area contributed by atoms with Crippen LogP contribution in [-0.2, 0) is 16.1 Å². The molecule has 0 bridgehead atoms. The van der Waals surface area contributed by atoms with Crippen molar-refractivity contribution < 1.29 is 19.1 Å². The van der Waals surface area contributed by atoms with E-state index in [9.17, 15) is 14.7 Å². The lowest BCUT2D eigenvalue weighted by atomic mass is 9.95. The summed E-state index contributed by atoms with van der Waals surface area (Å²) in [4.78, 5) is 27.2. The Morgan fingerprint density at radius 3 is 2.38 bits per heavy atom. The SMILES string of the molecule is Cc1ccc(/C(O)=C2/C(=O)C(=O)N(Cc3ccco3)C2c2ccc(Cl)cc2)cc1. The average molecular weight is 408 g/mol. The maximum absolute atomic E-state index is 12.9. The van der Waals surface area contributed by atoms with Crippen LogP contribution in [0.1, 0.15) is 28.5 Å². The van der Waals surface area contributed by atoms with E-state index in [0.717, 1.165) is 5.56 Å². The Kier molecular flexibility index (Phi) is 4.99. The molecule has 1 aliphatic heterocycles. The lowest BCUT2D eigenvalue weighted by molar-refractivity contribution is -0.140. The number of aliphatic hydroxyl groups is 1. The zero-order valence-electron chi connectivity index (χ0n) is 15.6. The van der Waals surface area contributed by atoms with E-state index in [4.69, 9.17) is 16.0 Å². The van der Waals surface area contributed by atoms with E-state index in [1.54, 1.807) is 48.5 Å². The number of carbonyl (C=O) groups is 2. The van der Waals surface area contributed by atoms with E-state index in [1.807, 2.05) is 19.1 Å². The fourth-order valence-electron chi connectivity index (χ4n) is 3.47. The molecule has 5 nitrogen and oxygen atoms in total. The van der Waals surface area contributed by atoms with Crippen molar-refractivity contribution >= 4 is 29.1 Å². The number of Topliss-reactive ketones (excluding diaryl/α,β-unsaturated/α-hetero) is 1. The van der Waals surface area contributed by atoms with E-state index in [2.05, 4.69) is 0 Å². The minimum absolute atomic E-state index is 0.0488. The molecule has 0 radical (unpaired) electrons.